The Balaban J connectivity index is 2.26. The van der Waals surface area contributed by atoms with Gasteiger partial charge in [0.2, 0.25) is 5.91 Å². The van der Waals surface area contributed by atoms with Crippen LogP contribution in [0.5, 0.6) is 0 Å². The molecule has 88 valence electrons. The van der Waals surface area contributed by atoms with E-state index in [1.165, 1.54) is 12.8 Å². The Morgan fingerprint density at radius 2 is 2.00 bits per heavy atom. The number of alkyl halides is 1. The smallest absolute Gasteiger partial charge is 0.221 e. The number of aliphatic hydroxyl groups excluding tert-OH is 1. The molecule has 1 fully saturated rings. The molecule has 0 bridgehead atoms. The van der Waals surface area contributed by atoms with E-state index in [0.717, 1.165) is 12.8 Å². The Labute approximate surface area is 96.2 Å². The highest BCUT2D eigenvalue weighted by Gasteiger charge is 2.24. The maximum Gasteiger partial charge on any atom is 0.221 e. The lowest BCUT2D eigenvalue weighted by atomic mass is 9.79. The molecule has 1 saturated carbocycles. The molecule has 0 aliphatic heterocycles. The van der Waals surface area contributed by atoms with Crippen LogP contribution in [-0.2, 0) is 4.79 Å². The maximum absolute atomic E-state index is 11.2. The molecule has 1 amide bonds. The van der Waals surface area contributed by atoms with Crippen molar-refractivity contribution >= 4 is 17.5 Å². The SMILES string of the molecule is O=C(CCCl)NCC1CCCCC1CO. The summed E-state index contributed by atoms with van der Waals surface area (Å²) >= 11 is 5.47. The number of carbonyl (C=O) groups excluding carboxylic acids is 1. The summed E-state index contributed by atoms with van der Waals surface area (Å²) in [6, 6.07) is 0. The molecule has 2 unspecified atom stereocenters. The van der Waals surface area contributed by atoms with Crippen LogP contribution < -0.4 is 5.32 Å². The molecule has 3 nitrogen and oxygen atoms in total. The molecule has 1 rings (SSSR count). The van der Waals surface area contributed by atoms with Crippen LogP contribution in [0.3, 0.4) is 0 Å². The van der Waals surface area contributed by atoms with Crippen molar-refractivity contribution in [2.75, 3.05) is 19.0 Å². The number of aliphatic hydroxyl groups is 1. The van der Waals surface area contributed by atoms with E-state index in [1.807, 2.05) is 0 Å². The van der Waals surface area contributed by atoms with Crippen LogP contribution in [0.4, 0.5) is 0 Å². The normalized spacial score (nSPS) is 26.3. The summed E-state index contributed by atoms with van der Waals surface area (Å²) in [7, 11) is 0. The summed E-state index contributed by atoms with van der Waals surface area (Å²) in [4.78, 5) is 11.2. The number of halogens is 1. The topological polar surface area (TPSA) is 49.3 Å². The molecule has 0 aromatic carbocycles. The third kappa shape index (κ3) is 4.39. The standard InChI is InChI=1S/C11H20ClNO2/c12-6-5-11(15)13-7-9-3-1-2-4-10(9)8-14/h9-10,14H,1-8H2,(H,13,15). The number of hydrogen-bond donors (Lipinski definition) is 2. The first-order valence-corrected chi connectivity index (χ1v) is 6.25. The van der Waals surface area contributed by atoms with Gasteiger partial charge in [-0.05, 0) is 24.7 Å². The second kappa shape index (κ2) is 7.07. The van der Waals surface area contributed by atoms with Crippen molar-refractivity contribution < 1.29 is 9.90 Å². The molecule has 4 heteroatoms. The highest BCUT2D eigenvalue weighted by molar-refractivity contribution is 6.18. The van der Waals surface area contributed by atoms with E-state index in [1.54, 1.807) is 0 Å². The van der Waals surface area contributed by atoms with E-state index >= 15 is 0 Å². The van der Waals surface area contributed by atoms with Crippen molar-refractivity contribution in [1.29, 1.82) is 0 Å². The van der Waals surface area contributed by atoms with Crippen LogP contribution in [-0.4, -0.2) is 30.0 Å². The molecule has 1 aliphatic rings. The van der Waals surface area contributed by atoms with Crippen molar-refractivity contribution in [3.8, 4) is 0 Å². The molecular formula is C11H20ClNO2. The van der Waals surface area contributed by atoms with E-state index in [-0.39, 0.29) is 12.5 Å². The zero-order valence-electron chi connectivity index (χ0n) is 9.04. The van der Waals surface area contributed by atoms with Gasteiger partial charge < -0.3 is 10.4 Å². The molecule has 1 aliphatic carbocycles. The zero-order chi connectivity index (χ0) is 11.1. The number of rotatable bonds is 5. The first-order valence-electron chi connectivity index (χ1n) is 5.71. The Morgan fingerprint density at radius 1 is 1.33 bits per heavy atom. The third-order valence-electron chi connectivity index (χ3n) is 3.18. The van der Waals surface area contributed by atoms with Crippen LogP contribution in [0.1, 0.15) is 32.1 Å². The number of carbonyl (C=O) groups is 1. The molecule has 0 saturated heterocycles. The quantitative estimate of drug-likeness (QED) is 0.708. The molecule has 0 aromatic rings. The van der Waals surface area contributed by atoms with Gasteiger partial charge in [0.15, 0.2) is 0 Å². The second-order valence-corrected chi connectivity index (χ2v) is 4.61. The Morgan fingerprint density at radius 3 is 2.60 bits per heavy atom. The number of nitrogens with one attached hydrogen (secondary N) is 1. The van der Waals surface area contributed by atoms with Crippen molar-refractivity contribution in [3.63, 3.8) is 0 Å². The van der Waals surface area contributed by atoms with Crippen molar-refractivity contribution in [1.82, 2.24) is 5.32 Å². The number of hydrogen-bond acceptors (Lipinski definition) is 2. The monoisotopic (exact) mass is 233 g/mol. The van der Waals surface area contributed by atoms with E-state index in [0.29, 0.717) is 30.7 Å². The van der Waals surface area contributed by atoms with Gasteiger partial charge in [0, 0.05) is 25.5 Å². The first kappa shape index (κ1) is 12.8. The zero-order valence-corrected chi connectivity index (χ0v) is 9.80. The lowest BCUT2D eigenvalue weighted by Gasteiger charge is -2.30. The molecule has 15 heavy (non-hydrogen) atoms. The summed E-state index contributed by atoms with van der Waals surface area (Å²) in [6.07, 6.45) is 5.01. The van der Waals surface area contributed by atoms with Gasteiger partial charge in [0.25, 0.3) is 0 Å². The van der Waals surface area contributed by atoms with Gasteiger partial charge in [0.1, 0.15) is 0 Å². The highest BCUT2D eigenvalue weighted by Crippen LogP contribution is 2.28. The molecule has 0 heterocycles. The van der Waals surface area contributed by atoms with Gasteiger partial charge in [-0.25, -0.2) is 0 Å². The van der Waals surface area contributed by atoms with Gasteiger partial charge in [0.05, 0.1) is 0 Å². The summed E-state index contributed by atoms with van der Waals surface area (Å²) in [5.74, 6) is 1.21. The van der Waals surface area contributed by atoms with E-state index < -0.39 is 0 Å². The molecule has 2 atom stereocenters. The summed E-state index contributed by atoms with van der Waals surface area (Å²) in [5.41, 5.74) is 0. The predicted molar refractivity (Wildman–Crippen MR) is 60.9 cm³/mol. The summed E-state index contributed by atoms with van der Waals surface area (Å²) in [5, 5.41) is 12.1. The van der Waals surface area contributed by atoms with E-state index in [2.05, 4.69) is 5.32 Å². The fraction of sp³-hybridized carbons (Fsp3) is 0.909. The Bertz CT molecular complexity index is 199. The van der Waals surface area contributed by atoms with E-state index in [4.69, 9.17) is 11.6 Å². The van der Waals surface area contributed by atoms with Gasteiger partial charge in [-0.2, -0.15) is 0 Å². The van der Waals surface area contributed by atoms with Crippen LogP contribution in [0.15, 0.2) is 0 Å². The molecule has 2 N–H and O–H groups in total. The van der Waals surface area contributed by atoms with Gasteiger partial charge in [-0.15, -0.1) is 11.6 Å². The van der Waals surface area contributed by atoms with Gasteiger partial charge >= 0.3 is 0 Å². The largest absolute Gasteiger partial charge is 0.396 e. The highest BCUT2D eigenvalue weighted by atomic mass is 35.5. The van der Waals surface area contributed by atoms with E-state index in [9.17, 15) is 9.90 Å². The van der Waals surface area contributed by atoms with Gasteiger partial charge in [-0.3, -0.25) is 4.79 Å². The lowest BCUT2D eigenvalue weighted by Crippen LogP contribution is -2.35. The average molecular weight is 234 g/mol. The van der Waals surface area contributed by atoms with Crippen molar-refractivity contribution in [2.45, 2.75) is 32.1 Å². The third-order valence-corrected chi connectivity index (χ3v) is 3.37. The van der Waals surface area contributed by atoms with Crippen LogP contribution >= 0.6 is 11.6 Å². The lowest BCUT2D eigenvalue weighted by molar-refractivity contribution is -0.121. The van der Waals surface area contributed by atoms with Crippen LogP contribution in [0, 0.1) is 11.8 Å². The minimum Gasteiger partial charge on any atom is -0.396 e. The minimum absolute atomic E-state index is 0.0206. The maximum atomic E-state index is 11.2. The summed E-state index contributed by atoms with van der Waals surface area (Å²) < 4.78 is 0. The number of amides is 1. The van der Waals surface area contributed by atoms with Gasteiger partial charge in [-0.1, -0.05) is 12.8 Å². The second-order valence-electron chi connectivity index (χ2n) is 4.23. The summed E-state index contributed by atoms with van der Waals surface area (Å²) in [6.45, 7) is 0.941. The molecule has 0 radical (unpaired) electrons. The van der Waals surface area contributed by atoms with Crippen molar-refractivity contribution in [3.05, 3.63) is 0 Å². The van der Waals surface area contributed by atoms with Crippen LogP contribution in [0.25, 0.3) is 0 Å². The molecule has 0 aromatic heterocycles. The first-order chi connectivity index (χ1) is 7.27. The van der Waals surface area contributed by atoms with Crippen LogP contribution in [0.2, 0.25) is 0 Å². The van der Waals surface area contributed by atoms with Crippen molar-refractivity contribution in [2.24, 2.45) is 11.8 Å². The molecular weight excluding hydrogens is 214 g/mol. The fourth-order valence-corrected chi connectivity index (χ4v) is 2.38. The average Bonchev–Trinajstić information content (AvgIpc) is 2.27. The fourth-order valence-electron chi connectivity index (χ4n) is 2.21. The Hall–Kier alpha value is -0.280. The predicted octanol–water partition coefficient (Wildman–Crippen LogP) is 1.53. The Kier molecular flexibility index (Phi) is 6.03. The molecule has 0 spiro atoms. The minimum atomic E-state index is 0.0206.